The molecule has 0 radical (unpaired) electrons. The molecule has 2 aromatic carbocycles. The molecule has 1 fully saturated rings. The van der Waals surface area contributed by atoms with Gasteiger partial charge in [0.1, 0.15) is 11.5 Å². The summed E-state index contributed by atoms with van der Waals surface area (Å²) in [5, 5.41) is 0. The lowest BCUT2D eigenvalue weighted by atomic mass is 9.97. The van der Waals surface area contributed by atoms with Gasteiger partial charge in [0, 0.05) is 11.0 Å². The Bertz CT molecular complexity index is 580. The zero-order valence-electron chi connectivity index (χ0n) is 10.9. The molecule has 0 spiro atoms. The highest BCUT2D eigenvalue weighted by Gasteiger charge is 2.44. The molecule has 0 heterocycles. The largest absolute Gasteiger partial charge is 0.457 e. The molecule has 0 aromatic heterocycles. The van der Waals surface area contributed by atoms with Gasteiger partial charge in [-0.3, -0.25) is 4.79 Å². The average Bonchev–Trinajstić information content (AvgIpc) is 3.19. The summed E-state index contributed by atoms with van der Waals surface area (Å²) in [7, 11) is 0. The lowest BCUT2D eigenvalue weighted by Gasteiger charge is -2.09. The molecule has 0 bridgehead atoms. The van der Waals surface area contributed by atoms with Gasteiger partial charge in [-0.25, -0.2) is 0 Å². The predicted molar refractivity (Wildman–Crippen MR) is 74.6 cm³/mol. The van der Waals surface area contributed by atoms with E-state index in [2.05, 4.69) is 0 Å². The van der Waals surface area contributed by atoms with Crippen molar-refractivity contribution in [2.75, 3.05) is 0 Å². The number of carbonyl (C=O) groups is 1. The number of hydrogen-bond donors (Lipinski definition) is 0. The van der Waals surface area contributed by atoms with Crippen LogP contribution in [0.2, 0.25) is 0 Å². The Hall–Kier alpha value is -2.09. The second kappa shape index (κ2) is 4.54. The van der Waals surface area contributed by atoms with Crippen LogP contribution in [0.25, 0.3) is 0 Å². The summed E-state index contributed by atoms with van der Waals surface area (Å²) in [6, 6.07) is 17.0. The molecule has 19 heavy (non-hydrogen) atoms. The van der Waals surface area contributed by atoms with Crippen molar-refractivity contribution in [3.05, 3.63) is 60.2 Å². The summed E-state index contributed by atoms with van der Waals surface area (Å²) < 4.78 is 5.70. The van der Waals surface area contributed by atoms with Crippen LogP contribution < -0.4 is 4.74 Å². The van der Waals surface area contributed by atoms with Crippen molar-refractivity contribution in [1.82, 2.24) is 0 Å². The molecule has 96 valence electrons. The van der Waals surface area contributed by atoms with Crippen LogP contribution in [0.1, 0.15) is 30.1 Å². The third-order valence-corrected chi connectivity index (χ3v) is 3.64. The number of Topliss-reactive ketones (excluding diaryl/α,β-unsaturated/α-hetero) is 1. The fourth-order valence-corrected chi connectivity index (χ4v) is 2.06. The van der Waals surface area contributed by atoms with Gasteiger partial charge < -0.3 is 4.74 Å². The standard InChI is InChI=1S/C17H16O2/c1-17(11-12-17)16(18)13-7-9-15(10-8-13)19-14-5-3-2-4-6-14/h2-10H,11-12H2,1H3. The number of para-hydroxylation sites is 1. The van der Waals surface area contributed by atoms with E-state index in [4.69, 9.17) is 4.74 Å². The molecule has 2 heteroatoms. The third-order valence-electron chi connectivity index (χ3n) is 3.64. The highest BCUT2D eigenvalue weighted by Crippen LogP contribution is 2.47. The Labute approximate surface area is 113 Å². The summed E-state index contributed by atoms with van der Waals surface area (Å²) in [5.74, 6) is 1.80. The molecule has 1 saturated carbocycles. The SMILES string of the molecule is CC1(C(=O)c2ccc(Oc3ccccc3)cc2)CC1. The van der Waals surface area contributed by atoms with Gasteiger partial charge in [-0.2, -0.15) is 0 Å². The Morgan fingerprint density at radius 1 is 0.947 bits per heavy atom. The maximum absolute atomic E-state index is 12.2. The first-order valence-corrected chi connectivity index (χ1v) is 6.55. The van der Waals surface area contributed by atoms with Crippen LogP contribution in [0.3, 0.4) is 0 Å². The molecule has 2 aromatic rings. The second-order valence-corrected chi connectivity index (χ2v) is 5.33. The summed E-state index contributed by atoms with van der Waals surface area (Å²) in [6.45, 7) is 2.03. The first kappa shape index (κ1) is 12.0. The van der Waals surface area contributed by atoms with Gasteiger partial charge >= 0.3 is 0 Å². The van der Waals surface area contributed by atoms with Gasteiger partial charge in [-0.15, -0.1) is 0 Å². The Balaban J connectivity index is 1.74. The topological polar surface area (TPSA) is 26.3 Å². The van der Waals surface area contributed by atoms with Crippen LogP contribution in [0, 0.1) is 5.41 Å². The van der Waals surface area contributed by atoms with Crippen molar-refractivity contribution in [2.24, 2.45) is 5.41 Å². The summed E-state index contributed by atoms with van der Waals surface area (Å²) >= 11 is 0. The average molecular weight is 252 g/mol. The Morgan fingerprint density at radius 3 is 2.11 bits per heavy atom. The zero-order chi connectivity index (χ0) is 13.3. The van der Waals surface area contributed by atoms with Gasteiger partial charge in [0.15, 0.2) is 5.78 Å². The van der Waals surface area contributed by atoms with Crippen molar-refractivity contribution in [2.45, 2.75) is 19.8 Å². The molecular formula is C17H16O2. The Morgan fingerprint density at radius 2 is 1.53 bits per heavy atom. The molecule has 3 rings (SSSR count). The van der Waals surface area contributed by atoms with Gasteiger partial charge in [0.2, 0.25) is 0 Å². The van der Waals surface area contributed by atoms with Gasteiger partial charge in [-0.1, -0.05) is 25.1 Å². The van der Waals surface area contributed by atoms with E-state index in [1.165, 1.54) is 0 Å². The predicted octanol–water partition coefficient (Wildman–Crippen LogP) is 4.46. The summed E-state index contributed by atoms with van der Waals surface area (Å²) in [6.07, 6.45) is 2.02. The van der Waals surface area contributed by atoms with Crippen molar-refractivity contribution in [3.8, 4) is 11.5 Å². The minimum atomic E-state index is -0.109. The van der Waals surface area contributed by atoms with Crippen LogP contribution in [-0.2, 0) is 0 Å². The van der Waals surface area contributed by atoms with E-state index in [9.17, 15) is 4.79 Å². The number of hydrogen-bond acceptors (Lipinski definition) is 2. The first-order valence-electron chi connectivity index (χ1n) is 6.55. The smallest absolute Gasteiger partial charge is 0.168 e. The second-order valence-electron chi connectivity index (χ2n) is 5.33. The van der Waals surface area contributed by atoms with Crippen LogP contribution in [0.15, 0.2) is 54.6 Å². The molecular weight excluding hydrogens is 236 g/mol. The highest BCUT2D eigenvalue weighted by molar-refractivity contribution is 6.02. The number of ketones is 1. The molecule has 1 aliphatic rings. The third kappa shape index (κ3) is 2.53. The monoisotopic (exact) mass is 252 g/mol. The van der Waals surface area contributed by atoms with Crippen molar-refractivity contribution in [3.63, 3.8) is 0 Å². The molecule has 0 N–H and O–H groups in total. The lowest BCUT2D eigenvalue weighted by Crippen LogP contribution is -2.11. The van der Waals surface area contributed by atoms with Crippen molar-refractivity contribution in [1.29, 1.82) is 0 Å². The maximum Gasteiger partial charge on any atom is 0.168 e. The van der Waals surface area contributed by atoms with Crippen LogP contribution >= 0.6 is 0 Å². The highest BCUT2D eigenvalue weighted by atomic mass is 16.5. The normalized spacial score (nSPS) is 15.8. The fraction of sp³-hybridized carbons (Fsp3) is 0.235. The van der Waals surface area contributed by atoms with E-state index in [1.807, 2.05) is 61.5 Å². The number of rotatable bonds is 4. The molecule has 0 atom stereocenters. The van der Waals surface area contributed by atoms with Crippen LogP contribution in [0.5, 0.6) is 11.5 Å². The van der Waals surface area contributed by atoms with E-state index in [0.717, 1.165) is 29.9 Å². The molecule has 0 aliphatic heterocycles. The van der Waals surface area contributed by atoms with E-state index in [-0.39, 0.29) is 11.2 Å². The van der Waals surface area contributed by atoms with E-state index in [0.29, 0.717) is 0 Å². The first-order chi connectivity index (χ1) is 9.17. The quantitative estimate of drug-likeness (QED) is 0.751. The Kier molecular flexibility index (Phi) is 2.86. The van der Waals surface area contributed by atoms with E-state index in [1.54, 1.807) is 0 Å². The van der Waals surface area contributed by atoms with Crippen LogP contribution in [0.4, 0.5) is 0 Å². The molecule has 2 nitrogen and oxygen atoms in total. The number of benzene rings is 2. The molecule has 0 unspecified atom stereocenters. The number of ether oxygens (including phenoxy) is 1. The molecule has 0 amide bonds. The molecule has 1 aliphatic carbocycles. The van der Waals surface area contributed by atoms with Gasteiger partial charge in [-0.05, 0) is 49.2 Å². The van der Waals surface area contributed by atoms with E-state index < -0.39 is 0 Å². The fourth-order valence-electron chi connectivity index (χ4n) is 2.06. The van der Waals surface area contributed by atoms with Crippen LogP contribution in [-0.4, -0.2) is 5.78 Å². The van der Waals surface area contributed by atoms with Gasteiger partial charge in [0.05, 0.1) is 0 Å². The van der Waals surface area contributed by atoms with E-state index >= 15 is 0 Å². The molecule has 0 saturated heterocycles. The lowest BCUT2D eigenvalue weighted by molar-refractivity contribution is 0.0912. The number of carbonyl (C=O) groups excluding carboxylic acids is 1. The summed E-state index contributed by atoms with van der Waals surface area (Å²) in [4.78, 5) is 12.2. The van der Waals surface area contributed by atoms with Crippen molar-refractivity contribution >= 4 is 5.78 Å². The minimum absolute atomic E-state index is 0.109. The van der Waals surface area contributed by atoms with Gasteiger partial charge in [0.25, 0.3) is 0 Å². The maximum atomic E-state index is 12.2. The van der Waals surface area contributed by atoms with Crippen molar-refractivity contribution < 1.29 is 9.53 Å². The zero-order valence-corrected chi connectivity index (χ0v) is 10.9. The summed E-state index contributed by atoms with van der Waals surface area (Å²) in [5.41, 5.74) is 0.669. The minimum Gasteiger partial charge on any atom is -0.457 e.